The third kappa shape index (κ3) is 6.45. The predicted molar refractivity (Wildman–Crippen MR) is 173 cm³/mol. The molecule has 1 heterocycles. The summed E-state index contributed by atoms with van der Waals surface area (Å²) in [4.78, 5) is 18.8. The number of aryl methyl sites for hydroxylation is 1. The number of ether oxygens (including phenoxy) is 3. The molecule has 1 aromatic heterocycles. The Hall–Kier alpha value is -4.69. The molecule has 7 nitrogen and oxygen atoms in total. The summed E-state index contributed by atoms with van der Waals surface area (Å²) in [6, 6.07) is 20.6. The van der Waals surface area contributed by atoms with E-state index in [1.807, 2.05) is 38.1 Å². The third-order valence-corrected chi connectivity index (χ3v) is 7.34. The van der Waals surface area contributed by atoms with Gasteiger partial charge in [0.2, 0.25) is 0 Å². The molecule has 0 aliphatic heterocycles. The van der Waals surface area contributed by atoms with Crippen molar-refractivity contribution in [2.45, 2.75) is 40.2 Å². The first-order chi connectivity index (χ1) is 21.2. The van der Waals surface area contributed by atoms with Gasteiger partial charge in [0.25, 0.3) is 5.56 Å². The highest BCUT2D eigenvalue weighted by Gasteiger charge is 2.19. The van der Waals surface area contributed by atoms with Gasteiger partial charge < -0.3 is 14.2 Å². The predicted octanol–water partition coefficient (Wildman–Crippen LogP) is 8.16. The van der Waals surface area contributed by atoms with E-state index < -0.39 is 0 Å². The van der Waals surface area contributed by atoms with E-state index in [1.165, 1.54) is 30.1 Å². The molecule has 4 aromatic carbocycles. The average Bonchev–Trinajstić information content (AvgIpc) is 3.00. The van der Waals surface area contributed by atoms with Gasteiger partial charge in [0, 0.05) is 22.2 Å². The van der Waals surface area contributed by atoms with Crippen LogP contribution in [-0.2, 0) is 6.61 Å². The normalized spacial score (nSPS) is 11.5. The van der Waals surface area contributed by atoms with Crippen molar-refractivity contribution >= 4 is 28.7 Å². The molecule has 0 amide bonds. The summed E-state index contributed by atoms with van der Waals surface area (Å²) in [6.07, 6.45) is 1.49. The standard InChI is InChI=1S/C35H33ClFN3O4/c1-6-43-31-14-22(4)29(18-28(31)21(2)3)34-39-30-13-8-7-12-27(30)35(41)40(34)38-19-24-16-25(36)17-32(42-5)33(24)44-20-23-10-9-11-26(37)15-23/h7-19,21H,6,20H2,1-5H3. The molecule has 9 heteroatoms. The van der Waals surface area contributed by atoms with Gasteiger partial charge in [-0.25, -0.2) is 9.37 Å². The van der Waals surface area contributed by atoms with E-state index in [9.17, 15) is 9.18 Å². The Bertz CT molecular complexity index is 1920. The Labute approximate surface area is 260 Å². The lowest BCUT2D eigenvalue weighted by Crippen LogP contribution is -2.21. The molecule has 5 rings (SSSR count). The minimum Gasteiger partial charge on any atom is -0.494 e. The quantitative estimate of drug-likeness (QED) is 0.149. The van der Waals surface area contributed by atoms with Crippen LogP contribution in [0.5, 0.6) is 17.2 Å². The van der Waals surface area contributed by atoms with E-state index in [2.05, 4.69) is 18.9 Å². The summed E-state index contributed by atoms with van der Waals surface area (Å²) in [5.74, 6) is 1.68. The van der Waals surface area contributed by atoms with Crippen molar-refractivity contribution < 1.29 is 18.6 Å². The van der Waals surface area contributed by atoms with Crippen LogP contribution in [0.15, 0.2) is 82.7 Å². The number of halogens is 2. The van der Waals surface area contributed by atoms with Crippen molar-refractivity contribution in [3.63, 3.8) is 0 Å². The van der Waals surface area contributed by atoms with Gasteiger partial charge in [-0.05, 0) is 78.9 Å². The monoisotopic (exact) mass is 613 g/mol. The first-order valence-corrected chi connectivity index (χ1v) is 14.7. The maximum atomic E-state index is 13.9. The fraction of sp³-hybridized carbons (Fsp3) is 0.229. The second-order valence-electron chi connectivity index (χ2n) is 10.6. The smallest absolute Gasteiger partial charge is 0.282 e. The molecule has 0 bridgehead atoms. The number of hydrogen-bond donors (Lipinski definition) is 0. The summed E-state index contributed by atoms with van der Waals surface area (Å²) < 4.78 is 32.7. The van der Waals surface area contributed by atoms with Gasteiger partial charge in [0.1, 0.15) is 18.2 Å². The molecular weight excluding hydrogens is 581 g/mol. The Kier molecular flexibility index (Phi) is 9.30. The van der Waals surface area contributed by atoms with Gasteiger partial charge in [0.15, 0.2) is 17.3 Å². The molecule has 0 saturated heterocycles. The van der Waals surface area contributed by atoms with Crippen LogP contribution in [0.25, 0.3) is 22.3 Å². The summed E-state index contributed by atoms with van der Waals surface area (Å²) in [5.41, 5.74) is 3.95. The topological polar surface area (TPSA) is 74.9 Å². The molecule has 0 atom stereocenters. The molecule has 0 unspecified atom stereocenters. The average molecular weight is 614 g/mol. The zero-order valence-electron chi connectivity index (χ0n) is 25.2. The van der Waals surface area contributed by atoms with E-state index in [0.29, 0.717) is 51.0 Å². The molecule has 5 aromatic rings. The second kappa shape index (κ2) is 13.3. The van der Waals surface area contributed by atoms with Crippen LogP contribution < -0.4 is 19.8 Å². The van der Waals surface area contributed by atoms with Crippen LogP contribution in [0.1, 0.15) is 48.9 Å². The lowest BCUT2D eigenvalue weighted by molar-refractivity contribution is 0.283. The minimum absolute atomic E-state index is 0.0721. The minimum atomic E-state index is -0.364. The lowest BCUT2D eigenvalue weighted by Gasteiger charge is -2.18. The highest BCUT2D eigenvalue weighted by molar-refractivity contribution is 6.31. The van der Waals surface area contributed by atoms with Crippen LogP contribution in [0.4, 0.5) is 4.39 Å². The Morgan fingerprint density at radius 1 is 1.02 bits per heavy atom. The van der Waals surface area contributed by atoms with Crippen LogP contribution in [0.2, 0.25) is 5.02 Å². The molecule has 0 aliphatic carbocycles. The lowest BCUT2D eigenvalue weighted by atomic mass is 9.96. The number of nitrogens with zero attached hydrogens (tertiary/aromatic N) is 3. The first kappa shape index (κ1) is 30.8. The number of benzene rings is 4. The number of methoxy groups -OCH3 is 1. The number of para-hydroxylation sites is 1. The Morgan fingerprint density at radius 3 is 2.55 bits per heavy atom. The molecule has 0 N–H and O–H groups in total. The highest BCUT2D eigenvalue weighted by Crippen LogP contribution is 2.36. The Balaban J connectivity index is 1.67. The maximum Gasteiger partial charge on any atom is 0.282 e. The number of fused-ring (bicyclic) bond motifs is 1. The molecule has 44 heavy (non-hydrogen) atoms. The second-order valence-corrected chi connectivity index (χ2v) is 11.0. The summed E-state index contributed by atoms with van der Waals surface area (Å²) in [7, 11) is 1.50. The van der Waals surface area contributed by atoms with Gasteiger partial charge in [-0.1, -0.05) is 49.7 Å². The van der Waals surface area contributed by atoms with Crippen LogP contribution >= 0.6 is 11.6 Å². The summed E-state index contributed by atoms with van der Waals surface area (Å²) >= 11 is 6.43. The van der Waals surface area contributed by atoms with Crippen LogP contribution in [0.3, 0.4) is 0 Å². The third-order valence-electron chi connectivity index (χ3n) is 7.13. The molecule has 0 saturated carbocycles. The van der Waals surface area contributed by atoms with Gasteiger partial charge in [-0.15, -0.1) is 0 Å². The zero-order valence-corrected chi connectivity index (χ0v) is 26.0. The molecular formula is C35H33ClFN3O4. The zero-order chi connectivity index (χ0) is 31.4. The first-order valence-electron chi connectivity index (χ1n) is 14.3. The van der Waals surface area contributed by atoms with E-state index in [-0.39, 0.29) is 23.9 Å². The molecule has 0 aliphatic rings. The number of aromatic nitrogens is 2. The number of hydrogen-bond acceptors (Lipinski definition) is 6. The Morgan fingerprint density at radius 2 is 1.82 bits per heavy atom. The highest BCUT2D eigenvalue weighted by atomic mass is 35.5. The van der Waals surface area contributed by atoms with Gasteiger partial charge >= 0.3 is 0 Å². The SMILES string of the molecule is CCOc1cc(C)c(-c2nc3ccccc3c(=O)n2N=Cc2cc(Cl)cc(OC)c2OCc2cccc(F)c2)cc1C(C)C. The van der Waals surface area contributed by atoms with Crippen LogP contribution in [0, 0.1) is 12.7 Å². The van der Waals surface area contributed by atoms with E-state index in [1.54, 1.807) is 36.4 Å². The van der Waals surface area contributed by atoms with Crippen molar-refractivity contribution in [1.82, 2.24) is 9.66 Å². The molecule has 226 valence electrons. The fourth-order valence-corrected chi connectivity index (χ4v) is 5.19. The fourth-order valence-electron chi connectivity index (χ4n) is 4.97. The van der Waals surface area contributed by atoms with E-state index >= 15 is 0 Å². The van der Waals surface area contributed by atoms with Gasteiger partial charge in [-0.3, -0.25) is 4.79 Å². The molecule has 0 radical (unpaired) electrons. The van der Waals surface area contributed by atoms with Crippen molar-refractivity contribution in [3.8, 4) is 28.6 Å². The van der Waals surface area contributed by atoms with Gasteiger partial charge in [0.05, 0.1) is 30.8 Å². The van der Waals surface area contributed by atoms with Crippen molar-refractivity contribution in [2.24, 2.45) is 5.10 Å². The van der Waals surface area contributed by atoms with E-state index in [4.69, 9.17) is 30.8 Å². The molecule has 0 spiro atoms. The summed E-state index contributed by atoms with van der Waals surface area (Å²) in [6.45, 7) is 8.70. The van der Waals surface area contributed by atoms with Crippen LogP contribution in [-0.4, -0.2) is 29.6 Å². The van der Waals surface area contributed by atoms with E-state index in [0.717, 1.165) is 22.4 Å². The van der Waals surface area contributed by atoms with Crippen molar-refractivity contribution in [1.29, 1.82) is 0 Å². The van der Waals surface area contributed by atoms with Crippen molar-refractivity contribution in [2.75, 3.05) is 13.7 Å². The maximum absolute atomic E-state index is 13.9. The van der Waals surface area contributed by atoms with Crippen molar-refractivity contribution in [3.05, 3.63) is 116 Å². The molecule has 0 fully saturated rings. The van der Waals surface area contributed by atoms with Gasteiger partial charge in [-0.2, -0.15) is 9.78 Å². The summed E-state index contributed by atoms with van der Waals surface area (Å²) in [5, 5.41) is 5.46. The largest absolute Gasteiger partial charge is 0.494 e. The number of rotatable bonds is 10.